The van der Waals surface area contributed by atoms with Crippen LogP contribution in [-0.4, -0.2) is 129 Å². The topological polar surface area (TPSA) is 199 Å². The number of nitrogens with zero attached hydrogens (tertiary/aromatic N) is 7. The van der Waals surface area contributed by atoms with Crippen LogP contribution in [0.2, 0.25) is 0 Å². The number of guanidine groups is 2. The van der Waals surface area contributed by atoms with E-state index in [9.17, 15) is 19.2 Å². The zero-order valence-electron chi connectivity index (χ0n) is 55.4. The molecule has 1 N–H and O–H groups in total. The number of ether oxygens (including phenoxy) is 5. The number of likely N-dealkylation sites (tertiary alicyclic amines) is 2. The average molecular weight is 1260 g/mol. The van der Waals surface area contributed by atoms with Gasteiger partial charge in [-0.15, -0.1) is 15.0 Å². The minimum Gasteiger partial charge on any atom is -0.444 e. The normalized spacial score (nSPS) is 17.8. The van der Waals surface area contributed by atoms with Crippen LogP contribution in [0.1, 0.15) is 180 Å². The predicted octanol–water partition coefficient (Wildman–Crippen LogP) is 15.4. The van der Waals surface area contributed by atoms with E-state index >= 15 is 8.78 Å². The van der Waals surface area contributed by atoms with Crippen LogP contribution in [0.3, 0.4) is 0 Å². The van der Waals surface area contributed by atoms with Gasteiger partial charge in [-0.2, -0.15) is 0 Å². The number of benzene rings is 4. The third kappa shape index (κ3) is 19.4. The van der Waals surface area contributed by atoms with Crippen LogP contribution < -0.4 is 5.32 Å². The van der Waals surface area contributed by atoms with E-state index in [2.05, 4.69) is 20.5 Å². The van der Waals surface area contributed by atoms with E-state index in [1.54, 1.807) is 113 Å². The Hall–Kier alpha value is -8.17. The van der Waals surface area contributed by atoms with Crippen molar-refractivity contribution in [2.24, 2.45) is 9.98 Å². The summed E-state index contributed by atoms with van der Waals surface area (Å²) in [4.78, 5) is 74.1. The highest BCUT2D eigenvalue weighted by Gasteiger charge is 2.38. The summed E-state index contributed by atoms with van der Waals surface area (Å²) in [7, 11) is 1.75. The molecule has 1 aromatic heterocycles. The van der Waals surface area contributed by atoms with Gasteiger partial charge in [0.05, 0.1) is 25.8 Å². The summed E-state index contributed by atoms with van der Waals surface area (Å²) in [6.45, 7) is 26.8. The number of likely N-dealkylation sites (N-methyl/N-ethyl adjacent to an activating group) is 1. The number of piperidine rings is 2. The maximum absolute atomic E-state index is 17.2. The van der Waals surface area contributed by atoms with Crippen molar-refractivity contribution in [2.75, 3.05) is 39.8 Å². The number of alkyl carbamates (subject to hydrolysis) is 1. The molecule has 3 aliphatic rings. The third-order valence-corrected chi connectivity index (χ3v) is 15.3. The lowest BCUT2D eigenvalue weighted by molar-refractivity contribution is -0.101. The van der Waals surface area contributed by atoms with E-state index in [-0.39, 0.29) is 49.3 Å². The smallest absolute Gasteiger partial charge is 0.437 e. The second-order valence-electron chi connectivity index (χ2n) is 27.6. The van der Waals surface area contributed by atoms with E-state index in [1.165, 1.54) is 17.0 Å². The van der Waals surface area contributed by atoms with Crippen molar-refractivity contribution in [1.29, 1.82) is 0 Å². The summed E-state index contributed by atoms with van der Waals surface area (Å²) in [6, 6.07) is 26.7. The highest BCUT2D eigenvalue weighted by molar-refractivity contribution is 6.00. The molecule has 91 heavy (non-hydrogen) atoms. The highest BCUT2D eigenvalue weighted by atomic mass is 19.1. The zero-order chi connectivity index (χ0) is 66.2. The lowest BCUT2D eigenvalue weighted by Crippen LogP contribution is -2.54. The first-order valence-corrected chi connectivity index (χ1v) is 31.3. The Labute approximate surface area is 534 Å². The lowest BCUT2D eigenvalue weighted by Gasteiger charge is -2.37. The molecule has 5 aromatic rings. The Morgan fingerprint density at radius 3 is 1.89 bits per heavy atom. The van der Waals surface area contributed by atoms with Crippen LogP contribution in [-0.2, 0) is 41.7 Å². The summed E-state index contributed by atoms with van der Waals surface area (Å²) in [5.41, 5.74) is 2.23. The SMILES string of the molecule is CC(C1=CC(CN(C(=O)OC(C)(C)C)/C(=N/C(=O)OC(C)(C)C)N2CCCCC2)N(C)O1)c1ccc(-c2ccc(C3CCCN(/C(=N\C(=O)OC(C)(C)C)NC(=O)OC(C)(C)C)C3)cc2COCc2cc(C(C)c3ccc(-c4ccccc4)c(F)c3)on2)c(F)c1. The molecule has 0 bridgehead atoms. The van der Waals surface area contributed by atoms with Crippen molar-refractivity contribution in [3.05, 3.63) is 148 Å². The number of carbonyl (C=O) groups excluding carboxylic acids is 4. The number of allylic oxidation sites excluding steroid dienone is 1. The molecule has 19 nitrogen and oxygen atoms in total. The Balaban J connectivity index is 1.07. The second-order valence-corrected chi connectivity index (χ2v) is 27.6. The minimum absolute atomic E-state index is 0.00127. The largest absolute Gasteiger partial charge is 0.444 e. The second kappa shape index (κ2) is 29.0. The van der Waals surface area contributed by atoms with Gasteiger partial charge in [0.25, 0.3) is 0 Å². The molecule has 490 valence electrons. The molecule has 2 fully saturated rings. The molecule has 3 aliphatic heterocycles. The van der Waals surface area contributed by atoms with E-state index in [0.29, 0.717) is 83.2 Å². The van der Waals surface area contributed by atoms with Gasteiger partial charge in [-0.05, 0) is 167 Å². The van der Waals surface area contributed by atoms with E-state index in [0.717, 1.165) is 36.8 Å². The van der Waals surface area contributed by atoms with Gasteiger partial charge in [-0.25, -0.2) is 32.9 Å². The summed E-state index contributed by atoms with van der Waals surface area (Å²) >= 11 is 0. The van der Waals surface area contributed by atoms with Crippen LogP contribution >= 0.6 is 0 Å². The first-order valence-electron chi connectivity index (χ1n) is 31.3. The summed E-state index contributed by atoms with van der Waals surface area (Å²) < 4.78 is 67.6. The molecular formula is C70H90F2N8O11. The number of rotatable bonds is 13. The van der Waals surface area contributed by atoms with Gasteiger partial charge in [-0.3, -0.25) is 5.32 Å². The molecule has 4 unspecified atom stereocenters. The molecule has 0 aliphatic carbocycles. The Morgan fingerprint density at radius 1 is 0.670 bits per heavy atom. The Kier molecular flexibility index (Phi) is 21.9. The van der Waals surface area contributed by atoms with Gasteiger partial charge in [0.2, 0.25) is 11.9 Å². The number of nitrogens with one attached hydrogen (secondary N) is 1. The number of hydrogen-bond donors (Lipinski definition) is 1. The van der Waals surface area contributed by atoms with Crippen molar-refractivity contribution in [2.45, 2.75) is 188 Å². The van der Waals surface area contributed by atoms with E-state index in [4.69, 9.17) is 33.0 Å². The predicted molar refractivity (Wildman–Crippen MR) is 344 cm³/mol. The molecule has 8 rings (SSSR count). The van der Waals surface area contributed by atoms with Crippen LogP contribution in [0.15, 0.2) is 117 Å². The van der Waals surface area contributed by atoms with E-state index < -0.39 is 64.6 Å². The molecule has 2 saturated heterocycles. The van der Waals surface area contributed by atoms with Gasteiger partial charge in [0, 0.05) is 68.2 Å². The minimum atomic E-state index is -0.872. The average Bonchev–Trinajstić information content (AvgIpc) is 2.09. The van der Waals surface area contributed by atoms with Crippen molar-refractivity contribution >= 4 is 36.3 Å². The fourth-order valence-corrected chi connectivity index (χ4v) is 11.0. The first kappa shape index (κ1) is 68.7. The fourth-order valence-electron chi connectivity index (χ4n) is 11.0. The molecule has 21 heteroatoms. The monoisotopic (exact) mass is 1260 g/mol. The first-order chi connectivity index (χ1) is 42.8. The molecule has 0 radical (unpaired) electrons. The maximum atomic E-state index is 17.2. The van der Waals surface area contributed by atoms with Crippen LogP contribution in [0.4, 0.5) is 28.0 Å². The van der Waals surface area contributed by atoms with Crippen molar-refractivity contribution in [3.8, 4) is 22.3 Å². The molecular weight excluding hydrogens is 1170 g/mol. The molecule has 0 saturated carbocycles. The Bertz CT molecular complexity index is 3480. The highest BCUT2D eigenvalue weighted by Crippen LogP contribution is 2.38. The van der Waals surface area contributed by atoms with Crippen LogP contribution in [0, 0.1) is 11.6 Å². The standard InChI is InChI=1S/C70H90F2N8O11/c1-44(47-26-30-55(57(71)36-47)46-23-18-16-19-24-46)59-38-52(76-90-59)43-85-42-51-35-49(50-25-22-34-79(40-50)61(73-63(81)86-67(3,4)5)74-64(82)87-68(6,7)8)28-29-54(51)56-31-27-48(37-58(56)72)45(2)60-39-53(77(15)91-60)41-80(66(84)89-70(12,13)14)62(78-32-20-17-21-33-78)75-65(83)88-69(9,10)11/h16,18-19,23-24,26-31,35-39,44-45,50,53H,17,20-22,25,32-34,40-43H2,1-15H3,(H,73,74,81,82)/b75-62+. The fraction of sp³-hybridized carbons (Fsp3) is 0.500. The molecule has 4 amide bonds. The lowest BCUT2D eigenvalue weighted by atomic mass is 9.87. The van der Waals surface area contributed by atoms with E-state index in [1.807, 2.05) is 90.4 Å². The molecule has 4 aromatic carbocycles. The van der Waals surface area contributed by atoms with Gasteiger partial charge in [0.1, 0.15) is 51.3 Å². The summed E-state index contributed by atoms with van der Waals surface area (Å²) in [5.74, 6) is -0.600. The van der Waals surface area contributed by atoms with Crippen molar-refractivity contribution in [1.82, 2.24) is 30.2 Å². The quantitative estimate of drug-likeness (QED) is 0.0663. The maximum Gasteiger partial charge on any atom is 0.437 e. The number of amides is 4. The van der Waals surface area contributed by atoms with Gasteiger partial charge in [0.15, 0.2) is 0 Å². The van der Waals surface area contributed by atoms with Crippen LogP contribution in [0.5, 0.6) is 0 Å². The number of aliphatic imine (C=N–C) groups is 2. The van der Waals surface area contributed by atoms with Crippen LogP contribution in [0.25, 0.3) is 22.3 Å². The molecule has 4 atom stereocenters. The van der Waals surface area contributed by atoms with Crippen molar-refractivity contribution in [3.63, 3.8) is 0 Å². The number of carbonyl (C=O) groups is 4. The summed E-state index contributed by atoms with van der Waals surface area (Å²) in [6.07, 6.45) is 2.81. The number of halogens is 2. The third-order valence-electron chi connectivity index (χ3n) is 15.3. The van der Waals surface area contributed by atoms with Gasteiger partial charge in [-0.1, -0.05) is 91.8 Å². The Morgan fingerprint density at radius 2 is 1.26 bits per heavy atom. The van der Waals surface area contributed by atoms with Gasteiger partial charge < -0.3 is 42.8 Å². The zero-order valence-corrected chi connectivity index (χ0v) is 55.4. The number of hydroxylamine groups is 2. The number of aromatic nitrogens is 1. The summed E-state index contributed by atoms with van der Waals surface area (Å²) in [5, 5.41) is 8.63. The molecule has 0 spiro atoms. The van der Waals surface area contributed by atoms with Crippen molar-refractivity contribution < 1.29 is 61.0 Å². The molecule has 4 heterocycles. The van der Waals surface area contributed by atoms with Gasteiger partial charge >= 0.3 is 24.4 Å². The number of hydrogen-bond acceptors (Lipinski definition) is 13.